The van der Waals surface area contributed by atoms with Gasteiger partial charge in [-0.15, -0.1) is 0 Å². The number of benzene rings is 1. The number of fused-ring (bicyclic) bond motifs is 3. The molecule has 0 radical (unpaired) electrons. The van der Waals surface area contributed by atoms with Gasteiger partial charge in [-0.05, 0) is 84.8 Å². The van der Waals surface area contributed by atoms with E-state index in [0.717, 1.165) is 5.92 Å². The summed E-state index contributed by atoms with van der Waals surface area (Å²) in [5.74, 6) is 1.48. The third kappa shape index (κ3) is 3.75. The molecule has 0 aliphatic heterocycles. The predicted octanol–water partition coefficient (Wildman–Crippen LogP) is 6.73. The van der Waals surface area contributed by atoms with Crippen LogP contribution in [0.3, 0.4) is 0 Å². The molecule has 2 aliphatic rings. The number of rotatable bonds is 6. The molecule has 0 amide bonds. The summed E-state index contributed by atoms with van der Waals surface area (Å²) in [6.45, 7) is 12.0. The summed E-state index contributed by atoms with van der Waals surface area (Å²) in [7, 11) is 0. The normalized spacial score (nSPS) is 32.2. The summed E-state index contributed by atoms with van der Waals surface area (Å²) < 4.78 is 0. The van der Waals surface area contributed by atoms with Crippen molar-refractivity contribution in [3.8, 4) is 0 Å². The largest absolute Gasteiger partial charge is 0.328 e. The van der Waals surface area contributed by atoms with Gasteiger partial charge in [-0.1, -0.05) is 65.2 Å². The van der Waals surface area contributed by atoms with Gasteiger partial charge in [-0.2, -0.15) is 0 Å². The first-order chi connectivity index (χ1) is 12.3. The monoisotopic (exact) mass is 355 g/mol. The minimum Gasteiger partial charge on any atom is -0.328 e. The molecule has 4 atom stereocenters. The van der Waals surface area contributed by atoms with Crippen LogP contribution in [-0.4, -0.2) is 6.04 Å². The van der Waals surface area contributed by atoms with Crippen LogP contribution in [0, 0.1) is 11.3 Å². The molecule has 3 rings (SSSR count). The third-order valence-corrected chi connectivity index (χ3v) is 7.83. The maximum Gasteiger partial charge on any atom is 0.00104 e. The van der Waals surface area contributed by atoms with E-state index in [0.29, 0.717) is 22.8 Å². The molecule has 0 bridgehead atoms. The van der Waals surface area contributed by atoms with E-state index in [-0.39, 0.29) is 0 Å². The molecular formula is C25H41N. The van der Waals surface area contributed by atoms with E-state index in [1.165, 1.54) is 63.4 Å². The Hall–Kier alpha value is -0.820. The van der Waals surface area contributed by atoms with Crippen LogP contribution in [0.5, 0.6) is 0 Å². The van der Waals surface area contributed by atoms with E-state index in [4.69, 9.17) is 5.73 Å². The van der Waals surface area contributed by atoms with Crippen molar-refractivity contribution in [3.63, 3.8) is 0 Å². The molecule has 146 valence electrons. The molecule has 2 aliphatic carbocycles. The average molecular weight is 356 g/mol. The lowest BCUT2D eigenvalue weighted by atomic mass is 9.49. The number of nitrogens with two attached hydrogens (primary N) is 1. The fourth-order valence-electron chi connectivity index (χ4n) is 6.30. The van der Waals surface area contributed by atoms with Crippen molar-refractivity contribution < 1.29 is 0 Å². The van der Waals surface area contributed by atoms with Crippen molar-refractivity contribution >= 4 is 0 Å². The van der Waals surface area contributed by atoms with Crippen molar-refractivity contribution in [1.29, 1.82) is 0 Å². The van der Waals surface area contributed by atoms with Gasteiger partial charge in [0.15, 0.2) is 0 Å². The number of unbranched alkanes of at least 4 members (excludes halogenated alkanes) is 1. The van der Waals surface area contributed by atoms with E-state index in [9.17, 15) is 0 Å². The fourth-order valence-corrected chi connectivity index (χ4v) is 6.30. The lowest BCUT2D eigenvalue weighted by Gasteiger charge is -2.56. The number of hydrogen-bond acceptors (Lipinski definition) is 1. The van der Waals surface area contributed by atoms with Crippen molar-refractivity contribution in [1.82, 2.24) is 0 Å². The fraction of sp³-hybridized carbons (Fsp3) is 0.760. The van der Waals surface area contributed by atoms with Gasteiger partial charge in [0.1, 0.15) is 0 Å². The van der Waals surface area contributed by atoms with Crippen molar-refractivity contribution in [3.05, 3.63) is 34.9 Å². The summed E-state index contributed by atoms with van der Waals surface area (Å²) >= 11 is 0. The zero-order chi connectivity index (χ0) is 18.9. The molecular weight excluding hydrogens is 314 g/mol. The van der Waals surface area contributed by atoms with Gasteiger partial charge in [-0.25, -0.2) is 0 Å². The van der Waals surface area contributed by atoms with E-state index in [1.54, 1.807) is 11.1 Å². The maximum atomic E-state index is 5.96. The standard InChI is InChI=1S/C25H41N/c1-18(2)20-10-12-22-21(17-20)11-13-23-24(4,14-7-6-9-19(3)26)15-8-16-25(22,23)5/h10,12,17-19,23H,6-9,11,13-16,26H2,1-5H3/t19?,23?,24-,25+/m0/s1. The molecule has 1 aromatic rings. The van der Waals surface area contributed by atoms with Crippen molar-refractivity contribution in [2.24, 2.45) is 17.1 Å². The zero-order valence-corrected chi connectivity index (χ0v) is 17.9. The minimum atomic E-state index is 0.358. The molecule has 1 fully saturated rings. The molecule has 1 aromatic carbocycles. The Kier molecular flexibility index (Phi) is 5.87. The first-order valence-corrected chi connectivity index (χ1v) is 11.2. The van der Waals surface area contributed by atoms with Gasteiger partial charge >= 0.3 is 0 Å². The van der Waals surface area contributed by atoms with Crippen LogP contribution in [0.15, 0.2) is 18.2 Å². The quantitative estimate of drug-likeness (QED) is 0.563. The molecule has 0 spiro atoms. The van der Waals surface area contributed by atoms with Gasteiger partial charge in [0.2, 0.25) is 0 Å². The molecule has 1 saturated carbocycles. The van der Waals surface area contributed by atoms with Crippen LogP contribution in [0.1, 0.15) is 109 Å². The van der Waals surface area contributed by atoms with E-state index in [2.05, 4.69) is 52.8 Å². The van der Waals surface area contributed by atoms with Crippen LogP contribution >= 0.6 is 0 Å². The molecule has 2 N–H and O–H groups in total. The third-order valence-electron chi connectivity index (χ3n) is 7.83. The lowest BCUT2D eigenvalue weighted by Crippen LogP contribution is -2.49. The summed E-state index contributed by atoms with van der Waals surface area (Å²) in [5, 5.41) is 0. The van der Waals surface area contributed by atoms with Gasteiger partial charge in [-0.3, -0.25) is 0 Å². The molecule has 0 aromatic heterocycles. The molecule has 1 heteroatoms. The minimum absolute atomic E-state index is 0.358. The second kappa shape index (κ2) is 7.66. The average Bonchev–Trinajstić information content (AvgIpc) is 2.58. The molecule has 2 unspecified atom stereocenters. The van der Waals surface area contributed by atoms with Gasteiger partial charge in [0.05, 0.1) is 0 Å². The second-order valence-corrected chi connectivity index (χ2v) is 10.3. The Balaban J connectivity index is 1.81. The molecule has 0 saturated heterocycles. The highest BCUT2D eigenvalue weighted by molar-refractivity contribution is 5.42. The Morgan fingerprint density at radius 2 is 1.88 bits per heavy atom. The van der Waals surface area contributed by atoms with Gasteiger partial charge < -0.3 is 5.73 Å². The first-order valence-electron chi connectivity index (χ1n) is 11.2. The Morgan fingerprint density at radius 3 is 2.58 bits per heavy atom. The highest BCUT2D eigenvalue weighted by Crippen LogP contribution is 2.58. The smallest absolute Gasteiger partial charge is 0.00104 e. The van der Waals surface area contributed by atoms with E-state index >= 15 is 0 Å². The number of aryl methyl sites for hydroxylation is 1. The topological polar surface area (TPSA) is 26.0 Å². The van der Waals surface area contributed by atoms with Crippen molar-refractivity contribution in [2.45, 2.75) is 110 Å². The van der Waals surface area contributed by atoms with Gasteiger partial charge in [0, 0.05) is 6.04 Å². The van der Waals surface area contributed by atoms with Gasteiger partial charge in [0.25, 0.3) is 0 Å². The summed E-state index contributed by atoms with van der Waals surface area (Å²) in [4.78, 5) is 0. The van der Waals surface area contributed by atoms with E-state index in [1.807, 2.05) is 0 Å². The van der Waals surface area contributed by atoms with Crippen LogP contribution < -0.4 is 5.73 Å². The highest BCUT2D eigenvalue weighted by Gasteiger charge is 2.51. The first kappa shape index (κ1) is 19.9. The van der Waals surface area contributed by atoms with Crippen LogP contribution in [0.2, 0.25) is 0 Å². The zero-order valence-electron chi connectivity index (χ0n) is 17.9. The molecule has 1 nitrogen and oxygen atoms in total. The maximum absolute atomic E-state index is 5.96. The van der Waals surface area contributed by atoms with Crippen LogP contribution in [0.4, 0.5) is 0 Å². The second-order valence-electron chi connectivity index (χ2n) is 10.3. The molecule has 26 heavy (non-hydrogen) atoms. The lowest BCUT2D eigenvalue weighted by molar-refractivity contribution is 0.0167. The Bertz CT molecular complexity index is 617. The SMILES string of the molecule is CC(N)CCCC[C@@]1(C)CCC[C@]2(C)c3ccc(C(C)C)cc3CCC12. The Morgan fingerprint density at radius 1 is 1.12 bits per heavy atom. The number of hydrogen-bond donors (Lipinski definition) is 1. The van der Waals surface area contributed by atoms with Crippen molar-refractivity contribution in [2.75, 3.05) is 0 Å². The van der Waals surface area contributed by atoms with Crippen LogP contribution in [-0.2, 0) is 11.8 Å². The predicted molar refractivity (Wildman–Crippen MR) is 114 cm³/mol. The summed E-state index contributed by atoms with van der Waals surface area (Å²) in [6.07, 6.45) is 12.1. The van der Waals surface area contributed by atoms with E-state index < -0.39 is 0 Å². The summed E-state index contributed by atoms with van der Waals surface area (Å²) in [6, 6.07) is 7.79. The van der Waals surface area contributed by atoms with Crippen LogP contribution in [0.25, 0.3) is 0 Å². The molecule has 0 heterocycles. The Labute approximate surface area is 162 Å². The summed E-state index contributed by atoms with van der Waals surface area (Å²) in [5.41, 5.74) is 11.7. The highest BCUT2D eigenvalue weighted by atomic mass is 14.6.